The van der Waals surface area contributed by atoms with E-state index < -0.39 is 10.0 Å². The summed E-state index contributed by atoms with van der Waals surface area (Å²) in [6.45, 7) is 2.34. The largest absolute Gasteiger partial charge is 0.492 e. The maximum absolute atomic E-state index is 12.3. The van der Waals surface area contributed by atoms with E-state index >= 15 is 0 Å². The molecule has 0 aliphatic rings. The quantitative estimate of drug-likeness (QED) is 0.828. The van der Waals surface area contributed by atoms with Crippen LogP contribution in [-0.4, -0.2) is 15.0 Å². The van der Waals surface area contributed by atoms with E-state index in [2.05, 4.69) is 20.7 Å². The third kappa shape index (κ3) is 4.12. The number of benzene rings is 2. The molecule has 0 radical (unpaired) electrons. The maximum Gasteiger partial charge on any atom is 0.261 e. The molecule has 112 valence electrons. The molecule has 0 fully saturated rings. The molecule has 0 aliphatic heterocycles. The molecule has 21 heavy (non-hydrogen) atoms. The van der Waals surface area contributed by atoms with E-state index in [4.69, 9.17) is 16.3 Å². The zero-order valence-electron chi connectivity index (χ0n) is 11.1. The summed E-state index contributed by atoms with van der Waals surface area (Å²) in [5.41, 5.74) is 0.378. The number of hydrogen-bond acceptors (Lipinski definition) is 3. The van der Waals surface area contributed by atoms with E-state index in [0.717, 1.165) is 0 Å². The van der Waals surface area contributed by atoms with Gasteiger partial charge in [-0.05, 0) is 43.3 Å². The van der Waals surface area contributed by atoms with Crippen molar-refractivity contribution in [3.8, 4) is 5.75 Å². The first-order valence-corrected chi connectivity index (χ1v) is 8.78. The fourth-order valence-electron chi connectivity index (χ4n) is 1.69. The molecule has 7 heteroatoms. The van der Waals surface area contributed by atoms with Crippen molar-refractivity contribution in [2.24, 2.45) is 0 Å². The van der Waals surface area contributed by atoms with Crippen LogP contribution in [0.25, 0.3) is 0 Å². The molecule has 1 N–H and O–H groups in total. The summed E-state index contributed by atoms with van der Waals surface area (Å²) in [4.78, 5) is 0.168. The maximum atomic E-state index is 12.3. The van der Waals surface area contributed by atoms with Crippen LogP contribution >= 0.6 is 27.5 Å². The summed E-state index contributed by atoms with van der Waals surface area (Å²) in [6.07, 6.45) is 0. The van der Waals surface area contributed by atoms with Crippen molar-refractivity contribution in [3.05, 3.63) is 52.0 Å². The molecule has 0 aromatic heterocycles. The van der Waals surface area contributed by atoms with Gasteiger partial charge in [-0.1, -0.05) is 33.6 Å². The summed E-state index contributed by atoms with van der Waals surface area (Å²) in [5, 5.41) is 0.353. The standard InChI is InChI=1S/C14H13BrClNO3S/c1-2-20-14-7-6-11(9-13(14)16)17-21(18,19)12-5-3-4-10(15)8-12/h3-9,17H,2H2,1H3. The van der Waals surface area contributed by atoms with Crippen molar-refractivity contribution in [1.82, 2.24) is 0 Å². The molecule has 2 aromatic carbocycles. The molecule has 2 aromatic rings. The topological polar surface area (TPSA) is 55.4 Å². The third-order valence-electron chi connectivity index (χ3n) is 2.59. The van der Waals surface area contributed by atoms with Gasteiger partial charge in [0.05, 0.1) is 22.2 Å². The van der Waals surface area contributed by atoms with Gasteiger partial charge in [0.15, 0.2) is 0 Å². The van der Waals surface area contributed by atoms with Gasteiger partial charge in [-0.3, -0.25) is 4.72 Å². The molecule has 0 atom stereocenters. The zero-order chi connectivity index (χ0) is 15.5. The van der Waals surface area contributed by atoms with E-state index in [1.54, 1.807) is 24.3 Å². The highest BCUT2D eigenvalue weighted by molar-refractivity contribution is 9.10. The number of nitrogens with one attached hydrogen (secondary N) is 1. The lowest BCUT2D eigenvalue weighted by molar-refractivity contribution is 0.340. The smallest absolute Gasteiger partial charge is 0.261 e. The monoisotopic (exact) mass is 389 g/mol. The highest BCUT2D eigenvalue weighted by Crippen LogP contribution is 2.29. The molecule has 0 unspecified atom stereocenters. The van der Waals surface area contributed by atoms with Gasteiger partial charge in [0.1, 0.15) is 5.75 Å². The molecule has 0 spiro atoms. The summed E-state index contributed by atoms with van der Waals surface area (Å²) < 4.78 is 33.0. The van der Waals surface area contributed by atoms with Crippen LogP contribution in [0.4, 0.5) is 5.69 Å². The van der Waals surface area contributed by atoms with Crippen LogP contribution in [0.3, 0.4) is 0 Å². The SMILES string of the molecule is CCOc1ccc(NS(=O)(=O)c2cccc(Br)c2)cc1Cl. The molecule has 4 nitrogen and oxygen atoms in total. The first-order valence-electron chi connectivity index (χ1n) is 6.13. The Hall–Kier alpha value is -1.24. The van der Waals surface area contributed by atoms with Gasteiger partial charge < -0.3 is 4.74 Å². The second kappa shape index (κ2) is 6.68. The molecule has 0 saturated heterocycles. The molecule has 0 bridgehead atoms. The molecule has 0 aliphatic carbocycles. The van der Waals surface area contributed by atoms with Crippen molar-refractivity contribution in [1.29, 1.82) is 0 Å². The Morgan fingerprint density at radius 2 is 2.00 bits per heavy atom. The molecular formula is C14H13BrClNO3S. The molecule has 0 saturated carbocycles. The van der Waals surface area contributed by atoms with Crippen molar-refractivity contribution < 1.29 is 13.2 Å². The summed E-state index contributed by atoms with van der Waals surface area (Å²) in [5.74, 6) is 0.518. The van der Waals surface area contributed by atoms with E-state index in [-0.39, 0.29) is 4.90 Å². The van der Waals surface area contributed by atoms with Gasteiger partial charge in [-0.2, -0.15) is 0 Å². The van der Waals surface area contributed by atoms with Crippen LogP contribution in [0.2, 0.25) is 5.02 Å². The molecule has 0 amide bonds. The zero-order valence-corrected chi connectivity index (χ0v) is 14.3. The predicted octanol–water partition coefficient (Wildman–Crippen LogP) is 4.30. The second-order valence-electron chi connectivity index (χ2n) is 4.14. The van der Waals surface area contributed by atoms with Crippen LogP contribution in [0.5, 0.6) is 5.75 Å². The normalized spacial score (nSPS) is 11.2. The lowest BCUT2D eigenvalue weighted by atomic mass is 10.3. The van der Waals surface area contributed by atoms with Crippen LogP contribution in [0.15, 0.2) is 51.8 Å². The Bertz CT molecular complexity index is 750. The number of anilines is 1. The molecular weight excluding hydrogens is 378 g/mol. The average molecular weight is 391 g/mol. The highest BCUT2D eigenvalue weighted by Gasteiger charge is 2.15. The third-order valence-corrected chi connectivity index (χ3v) is 4.76. The average Bonchev–Trinajstić information content (AvgIpc) is 2.42. The first kappa shape index (κ1) is 16.1. The second-order valence-corrected chi connectivity index (χ2v) is 7.15. The Balaban J connectivity index is 2.27. The first-order chi connectivity index (χ1) is 9.92. The van der Waals surface area contributed by atoms with Gasteiger partial charge in [0.25, 0.3) is 10.0 Å². The van der Waals surface area contributed by atoms with Gasteiger partial charge in [0, 0.05) is 4.47 Å². The number of ether oxygens (including phenoxy) is 1. The van der Waals surface area contributed by atoms with Gasteiger partial charge in [-0.25, -0.2) is 8.42 Å². The Morgan fingerprint density at radius 1 is 1.24 bits per heavy atom. The van der Waals surface area contributed by atoms with Crippen molar-refractivity contribution in [3.63, 3.8) is 0 Å². The van der Waals surface area contributed by atoms with Gasteiger partial charge in [0.2, 0.25) is 0 Å². The molecule has 2 rings (SSSR count). The number of halogens is 2. The highest BCUT2D eigenvalue weighted by atomic mass is 79.9. The summed E-state index contributed by atoms with van der Waals surface area (Å²) in [6, 6.07) is 11.2. The Kier molecular flexibility index (Phi) is 5.13. The lowest BCUT2D eigenvalue weighted by Gasteiger charge is -2.11. The van der Waals surface area contributed by atoms with E-state index in [1.807, 2.05) is 6.92 Å². The van der Waals surface area contributed by atoms with Gasteiger partial charge >= 0.3 is 0 Å². The number of hydrogen-bond donors (Lipinski definition) is 1. The molecule has 0 heterocycles. The Labute approximate surface area is 137 Å². The van der Waals surface area contributed by atoms with Crippen molar-refractivity contribution in [2.45, 2.75) is 11.8 Å². The summed E-state index contributed by atoms with van der Waals surface area (Å²) in [7, 11) is -3.66. The Morgan fingerprint density at radius 3 is 2.62 bits per heavy atom. The van der Waals surface area contributed by atoms with E-state index in [0.29, 0.717) is 27.5 Å². The van der Waals surface area contributed by atoms with E-state index in [9.17, 15) is 8.42 Å². The van der Waals surface area contributed by atoms with Crippen LogP contribution in [0.1, 0.15) is 6.92 Å². The minimum atomic E-state index is -3.66. The van der Waals surface area contributed by atoms with Crippen LogP contribution in [-0.2, 0) is 10.0 Å². The predicted molar refractivity (Wildman–Crippen MR) is 87.6 cm³/mol. The summed E-state index contributed by atoms with van der Waals surface area (Å²) >= 11 is 9.29. The minimum absolute atomic E-state index is 0.168. The van der Waals surface area contributed by atoms with Crippen molar-refractivity contribution in [2.75, 3.05) is 11.3 Å². The lowest BCUT2D eigenvalue weighted by Crippen LogP contribution is -2.12. The van der Waals surface area contributed by atoms with Crippen LogP contribution < -0.4 is 9.46 Å². The van der Waals surface area contributed by atoms with E-state index in [1.165, 1.54) is 18.2 Å². The minimum Gasteiger partial charge on any atom is -0.492 e. The fraction of sp³-hybridized carbons (Fsp3) is 0.143. The van der Waals surface area contributed by atoms with Gasteiger partial charge in [-0.15, -0.1) is 0 Å². The fourth-order valence-corrected chi connectivity index (χ4v) is 3.57. The van der Waals surface area contributed by atoms with Crippen molar-refractivity contribution >= 4 is 43.2 Å². The number of rotatable bonds is 5. The van der Waals surface area contributed by atoms with Crippen LogP contribution in [0, 0.1) is 0 Å². The number of sulfonamides is 1.